The lowest BCUT2D eigenvalue weighted by Crippen LogP contribution is -2.40. The van der Waals surface area contributed by atoms with E-state index in [0.29, 0.717) is 30.0 Å². The van der Waals surface area contributed by atoms with Gasteiger partial charge in [0.25, 0.3) is 5.91 Å². The molecule has 0 bridgehead atoms. The number of carbonyl (C=O) groups is 1. The van der Waals surface area contributed by atoms with Crippen molar-refractivity contribution in [3.05, 3.63) is 57.6 Å². The second-order valence-electron chi connectivity index (χ2n) is 6.64. The summed E-state index contributed by atoms with van der Waals surface area (Å²) in [5.74, 6) is 0.761. The van der Waals surface area contributed by atoms with E-state index in [1.165, 1.54) is 4.31 Å². The second-order valence-corrected chi connectivity index (χ2v) is 9.64. The van der Waals surface area contributed by atoms with Gasteiger partial charge in [-0.15, -0.1) is 0 Å². The molecule has 0 saturated carbocycles. The maximum Gasteiger partial charge on any atom is 0.251 e. The lowest BCUT2D eigenvalue weighted by molar-refractivity contribution is 0.0956. The van der Waals surface area contributed by atoms with Crippen LogP contribution in [0.1, 0.15) is 21.5 Å². The third-order valence-electron chi connectivity index (χ3n) is 4.83. The zero-order chi connectivity index (χ0) is 21.0. The normalized spacial score (nSPS) is 14.2. The third kappa shape index (κ3) is 5.09. The average Bonchev–Trinajstić information content (AvgIpc) is 2.72. The van der Waals surface area contributed by atoms with Gasteiger partial charge in [-0.25, -0.2) is 8.42 Å². The Hall–Kier alpha value is -2.10. The number of methoxy groups -OCH3 is 2. The van der Waals surface area contributed by atoms with Crippen molar-refractivity contribution in [1.29, 1.82) is 0 Å². The first kappa shape index (κ1) is 21.6. The fraction of sp³-hybridized carbons (Fsp3) is 0.350. The summed E-state index contributed by atoms with van der Waals surface area (Å²) in [5.41, 5.74) is 2.44. The van der Waals surface area contributed by atoms with Gasteiger partial charge in [0.1, 0.15) is 0 Å². The van der Waals surface area contributed by atoms with Crippen LogP contribution in [0.15, 0.2) is 40.9 Å². The number of sulfonamides is 1. The minimum absolute atomic E-state index is 0.0481. The summed E-state index contributed by atoms with van der Waals surface area (Å²) in [5, 5.41) is 2.67. The lowest BCUT2D eigenvalue weighted by atomic mass is 10.0. The smallest absolute Gasteiger partial charge is 0.251 e. The number of ether oxygens (including phenoxy) is 2. The molecule has 0 aromatic heterocycles. The number of hydrogen-bond donors (Lipinski definition) is 1. The fourth-order valence-corrected chi connectivity index (χ4v) is 4.81. The molecule has 9 heteroatoms. The third-order valence-corrected chi connectivity index (χ3v) is 7.18. The van der Waals surface area contributed by atoms with Gasteiger partial charge in [0.05, 0.1) is 20.0 Å². The molecule has 156 valence electrons. The standard InChI is InChI=1S/C20H23BrN2O5S/c1-27-18-11-15-7-9-23(13-16(15)12-19(18)28-2)29(25,26)10-8-22-20(24)14-3-5-17(21)6-4-14/h3-6,11-12H,7-10,13H2,1-2H3,(H,22,24). The predicted molar refractivity (Wildman–Crippen MR) is 114 cm³/mol. The molecule has 2 aromatic carbocycles. The van der Waals surface area contributed by atoms with Gasteiger partial charge in [0.2, 0.25) is 10.0 Å². The first-order valence-corrected chi connectivity index (χ1v) is 11.5. The number of carbonyl (C=O) groups excluding carboxylic acids is 1. The maximum atomic E-state index is 12.7. The molecular formula is C20H23BrN2O5S. The Morgan fingerprint density at radius 2 is 1.72 bits per heavy atom. The van der Waals surface area contributed by atoms with Gasteiger partial charge < -0.3 is 14.8 Å². The van der Waals surface area contributed by atoms with E-state index in [4.69, 9.17) is 9.47 Å². The molecule has 1 amide bonds. The van der Waals surface area contributed by atoms with Gasteiger partial charge in [-0.2, -0.15) is 4.31 Å². The Kier molecular flexibility index (Phi) is 6.81. The van der Waals surface area contributed by atoms with Gasteiger partial charge in [-0.05, 0) is 53.9 Å². The van der Waals surface area contributed by atoms with Crippen LogP contribution in [0.2, 0.25) is 0 Å². The highest BCUT2D eigenvalue weighted by Crippen LogP contribution is 2.33. The summed E-state index contributed by atoms with van der Waals surface area (Å²) in [6, 6.07) is 10.6. The Bertz CT molecular complexity index is 993. The van der Waals surface area contributed by atoms with Crippen LogP contribution in [0.4, 0.5) is 0 Å². The monoisotopic (exact) mass is 482 g/mol. The molecule has 0 fully saturated rings. The highest BCUT2D eigenvalue weighted by Gasteiger charge is 2.27. The van der Waals surface area contributed by atoms with Gasteiger partial charge in [-0.1, -0.05) is 15.9 Å². The van der Waals surface area contributed by atoms with Crippen LogP contribution >= 0.6 is 15.9 Å². The number of benzene rings is 2. The summed E-state index contributed by atoms with van der Waals surface area (Å²) in [7, 11) is -0.380. The molecule has 29 heavy (non-hydrogen) atoms. The number of halogens is 1. The van der Waals surface area contributed by atoms with Gasteiger partial charge in [0, 0.05) is 29.7 Å². The molecule has 0 spiro atoms. The summed E-state index contributed by atoms with van der Waals surface area (Å²) in [6.45, 7) is 0.719. The Balaban J connectivity index is 1.62. The van der Waals surface area contributed by atoms with E-state index in [0.717, 1.165) is 15.6 Å². The van der Waals surface area contributed by atoms with Crippen LogP contribution in [-0.2, 0) is 23.0 Å². The summed E-state index contributed by atoms with van der Waals surface area (Å²) in [4.78, 5) is 12.2. The van der Waals surface area contributed by atoms with Crippen LogP contribution in [-0.4, -0.2) is 51.7 Å². The zero-order valence-corrected chi connectivity index (χ0v) is 18.7. The van der Waals surface area contributed by atoms with Crippen LogP contribution in [0.25, 0.3) is 0 Å². The topological polar surface area (TPSA) is 84.9 Å². The highest BCUT2D eigenvalue weighted by atomic mass is 79.9. The quantitative estimate of drug-likeness (QED) is 0.655. The Labute approximate surface area is 179 Å². The second kappa shape index (κ2) is 9.15. The molecule has 0 atom stereocenters. The largest absolute Gasteiger partial charge is 0.493 e. The van der Waals surface area contributed by atoms with Gasteiger partial charge >= 0.3 is 0 Å². The van der Waals surface area contributed by atoms with Crippen molar-refractivity contribution in [3.8, 4) is 11.5 Å². The van der Waals surface area contributed by atoms with Crippen molar-refractivity contribution in [3.63, 3.8) is 0 Å². The molecule has 0 unspecified atom stereocenters. The van der Waals surface area contributed by atoms with Crippen molar-refractivity contribution >= 4 is 31.9 Å². The molecule has 1 N–H and O–H groups in total. The molecular weight excluding hydrogens is 460 g/mol. The minimum atomic E-state index is -3.51. The van der Waals surface area contributed by atoms with Crippen molar-refractivity contribution in [2.75, 3.05) is 33.1 Å². The predicted octanol–water partition coefficient (Wildman–Crippen LogP) is 2.58. The molecule has 0 radical (unpaired) electrons. The highest BCUT2D eigenvalue weighted by molar-refractivity contribution is 9.10. The number of nitrogens with zero attached hydrogens (tertiary/aromatic N) is 1. The number of hydrogen-bond acceptors (Lipinski definition) is 5. The first-order valence-electron chi connectivity index (χ1n) is 9.09. The molecule has 1 aliphatic rings. The SMILES string of the molecule is COc1cc2c(cc1OC)CN(S(=O)(=O)CCNC(=O)c1ccc(Br)cc1)CC2. The van der Waals surface area contributed by atoms with Crippen molar-refractivity contribution in [2.24, 2.45) is 0 Å². The van der Waals surface area contributed by atoms with E-state index in [2.05, 4.69) is 21.2 Å². The number of amides is 1. The maximum absolute atomic E-state index is 12.7. The van der Waals surface area contributed by atoms with Crippen LogP contribution < -0.4 is 14.8 Å². The summed E-state index contributed by atoms with van der Waals surface area (Å²) in [6.07, 6.45) is 0.597. The number of nitrogens with one attached hydrogen (secondary N) is 1. The zero-order valence-electron chi connectivity index (χ0n) is 16.3. The Morgan fingerprint density at radius 3 is 2.34 bits per heavy atom. The molecule has 7 nitrogen and oxygen atoms in total. The minimum Gasteiger partial charge on any atom is -0.493 e. The van der Waals surface area contributed by atoms with Crippen molar-refractivity contribution in [2.45, 2.75) is 13.0 Å². The van der Waals surface area contributed by atoms with Crippen LogP contribution in [0.5, 0.6) is 11.5 Å². The molecule has 3 rings (SSSR count). The average molecular weight is 483 g/mol. The molecule has 0 saturated heterocycles. The van der Waals surface area contributed by atoms with E-state index >= 15 is 0 Å². The van der Waals surface area contributed by atoms with E-state index in [1.54, 1.807) is 38.5 Å². The molecule has 1 aliphatic heterocycles. The fourth-order valence-electron chi connectivity index (χ4n) is 3.22. The van der Waals surface area contributed by atoms with Crippen LogP contribution in [0, 0.1) is 0 Å². The summed E-state index contributed by atoms with van der Waals surface area (Å²) < 4.78 is 38.5. The van der Waals surface area contributed by atoms with Crippen LogP contribution in [0.3, 0.4) is 0 Å². The van der Waals surface area contributed by atoms with E-state index in [1.807, 2.05) is 12.1 Å². The summed E-state index contributed by atoms with van der Waals surface area (Å²) >= 11 is 3.31. The van der Waals surface area contributed by atoms with E-state index in [-0.39, 0.29) is 24.7 Å². The van der Waals surface area contributed by atoms with Gasteiger partial charge in [-0.3, -0.25) is 4.79 Å². The van der Waals surface area contributed by atoms with E-state index < -0.39 is 10.0 Å². The molecule has 0 aliphatic carbocycles. The Morgan fingerprint density at radius 1 is 1.10 bits per heavy atom. The van der Waals surface area contributed by atoms with E-state index in [9.17, 15) is 13.2 Å². The first-order chi connectivity index (χ1) is 13.8. The van der Waals surface area contributed by atoms with Gasteiger partial charge in [0.15, 0.2) is 11.5 Å². The van der Waals surface area contributed by atoms with Crippen molar-refractivity contribution < 1.29 is 22.7 Å². The number of rotatable bonds is 7. The lowest BCUT2D eigenvalue weighted by Gasteiger charge is -2.29. The number of fused-ring (bicyclic) bond motifs is 1. The van der Waals surface area contributed by atoms with Crippen molar-refractivity contribution in [1.82, 2.24) is 9.62 Å². The molecule has 1 heterocycles. The molecule has 2 aromatic rings.